The predicted octanol–water partition coefficient (Wildman–Crippen LogP) is 3.34. The van der Waals surface area contributed by atoms with Crippen LogP contribution in [0.5, 0.6) is 11.5 Å². The number of ether oxygens (including phenoxy) is 3. The lowest BCUT2D eigenvalue weighted by Crippen LogP contribution is -2.45. The SMILES string of the molecule is COCCCn1c(C2CCCN(C(=O)CC(N)CNC(=O)Nc3ccc(OC)cc3OC)C2)nc2ccccc21. The van der Waals surface area contributed by atoms with Gasteiger partial charge in [0.05, 0.1) is 30.9 Å². The molecule has 1 aliphatic heterocycles. The number of piperidine rings is 1. The van der Waals surface area contributed by atoms with Crippen LogP contribution in [0.2, 0.25) is 0 Å². The summed E-state index contributed by atoms with van der Waals surface area (Å²) in [7, 11) is 4.78. The number of nitrogens with two attached hydrogens (primary N) is 1. The molecule has 1 saturated heterocycles. The number of benzene rings is 2. The average Bonchev–Trinajstić information content (AvgIpc) is 3.35. The summed E-state index contributed by atoms with van der Waals surface area (Å²) in [5.41, 5.74) is 8.82. The second-order valence-electron chi connectivity index (χ2n) is 10.0. The minimum atomic E-state index is -0.519. The number of fused-ring (bicyclic) bond motifs is 1. The Morgan fingerprint density at radius 3 is 2.75 bits per heavy atom. The fourth-order valence-corrected chi connectivity index (χ4v) is 5.14. The van der Waals surface area contributed by atoms with E-state index in [1.165, 1.54) is 7.11 Å². The number of imidazole rings is 1. The van der Waals surface area contributed by atoms with E-state index in [1.54, 1.807) is 32.4 Å². The van der Waals surface area contributed by atoms with Crippen LogP contribution in [0.1, 0.15) is 37.4 Å². The molecule has 2 heterocycles. The van der Waals surface area contributed by atoms with Gasteiger partial charge < -0.3 is 40.0 Å². The summed E-state index contributed by atoms with van der Waals surface area (Å²) in [6, 6.07) is 12.3. The molecule has 2 atom stereocenters. The fourth-order valence-electron chi connectivity index (χ4n) is 5.14. The number of nitrogens with one attached hydrogen (secondary N) is 2. The van der Waals surface area contributed by atoms with Crippen molar-refractivity contribution in [2.45, 2.75) is 44.2 Å². The lowest BCUT2D eigenvalue weighted by Gasteiger charge is -2.33. The number of aryl methyl sites for hydroxylation is 1. The number of urea groups is 1. The molecule has 1 aromatic heterocycles. The molecule has 0 aliphatic carbocycles. The first-order valence-corrected chi connectivity index (χ1v) is 13.7. The maximum atomic E-state index is 13.2. The first-order valence-electron chi connectivity index (χ1n) is 13.7. The minimum absolute atomic E-state index is 0.0155. The molecule has 1 aliphatic rings. The fraction of sp³-hybridized carbons (Fsp3) is 0.483. The van der Waals surface area contributed by atoms with Crippen LogP contribution in [0.25, 0.3) is 11.0 Å². The van der Waals surface area contributed by atoms with Crippen LogP contribution in [-0.4, -0.2) is 80.0 Å². The van der Waals surface area contributed by atoms with Crippen molar-refractivity contribution in [3.63, 3.8) is 0 Å². The maximum absolute atomic E-state index is 13.2. The van der Waals surface area contributed by atoms with Crippen molar-refractivity contribution in [2.24, 2.45) is 5.73 Å². The topological polar surface area (TPSA) is 133 Å². The van der Waals surface area contributed by atoms with Gasteiger partial charge in [0.15, 0.2) is 0 Å². The van der Waals surface area contributed by atoms with Gasteiger partial charge in [-0.2, -0.15) is 0 Å². The largest absolute Gasteiger partial charge is 0.497 e. The zero-order chi connectivity index (χ0) is 28.5. The molecule has 4 N–H and O–H groups in total. The van der Waals surface area contributed by atoms with E-state index in [0.717, 1.165) is 42.7 Å². The molecular formula is C29H40N6O5. The molecule has 1 fully saturated rings. The molecule has 11 heteroatoms. The number of likely N-dealkylation sites (tertiary alicyclic amines) is 1. The Kier molecular flexibility index (Phi) is 10.2. The average molecular weight is 553 g/mol. The summed E-state index contributed by atoms with van der Waals surface area (Å²) in [5.74, 6) is 2.24. The molecule has 0 radical (unpaired) electrons. The zero-order valence-corrected chi connectivity index (χ0v) is 23.5. The Hall–Kier alpha value is -3.83. The van der Waals surface area contributed by atoms with Gasteiger partial charge in [0.2, 0.25) is 5.91 Å². The highest BCUT2D eigenvalue weighted by Gasteiger charge is 2.29. The van der Waals surface area contributed by atoms with Crippen LogP contribution < -0.4 is 25.8 Å². The molecule has 3 aromatic rings. The molecule has 3 amide bonds. The molecule has 40 heavy (non-hydrogen) atoms. The van der Waals surface area contributed by atoms with Crippen LogP contribution in [0.15, 0.2) is 42.5 Å². The minimum Gasteiger partial charge on any atom is -0.497 e. The third kappa shape index (κ3) is 7.22. The van der Waals surface area contributed by atoms with E-state index >= 15 is 0 Å². The lowest BCUT2D eigenvalue weighted by molar-refractivity contribution is -0.132. The lowest BCUT2D eigenvalue weighted by atomic mass is 9.96. The van der Waals surface area contributed by atoms with Gasteiger partial charge in [0.1, 0.15) is 17.3 Å². The smallest absolute Gasteiger partial charge is 0.319 e. The van der Waals surface area contributed by atoms with Gasteiger partial charge in [-0.25, -0.2) is 9.78 Å². The summed E-state index contributed by atoms with van der Waals surface area (Å²) in [6.45, 7) is 2.94. The molecule has 0 spiro atoms. The quantitative estimate of drug-likeness (QED) is 0.294. The van der Waals surface area contributed by atoms with E-state index < -0.39 is 12.1 Å². The number of rotatable bonds is 12. The Labute approximate surface area is 235 Å². The zero-order valence-electron chi connectivity index (χ0n) is 23.5. The first-order chi connectivity index (χ1) is 19.4. The van der Waals surface area contributed by atoms with Crippen LogP contribution in [0.4, 0.5) is 10.5 Å². The Morgan fingerprint density at radius 1 is 1.15 bits per heavy atom. The summed E-state index contributed by atoms with van der Waals surface area (Å²) in [6.07, 6.45) is 2.90. The third-order valence-electron chi connectivity index (χ3n) is 7.17. The van der Waals surface area contributed by atoms with Crippen molar-refractivity contribution in [1.82, 2.24) is 19.8 Å². The molecule has 0 bridgehead atoms. The standard InChI is InChI=1S/C29H40N6O5/c1-38-15-7-14-35-25-10-5-4-9-23(25)32-28(35)20-8-6-13-34(19-20)27(36)16-21(30)18-31-29(37)33-24-12-11-22(39-2)17-26(24)40-3/h4-5,9-12,17,20-21H,6-8,13-16,18-19,30H2,1-3H3,(H2,31,33,37). The van der Waals surface area contributed by atoms with Gasteiger partial charge >= 0.3 is 6.03 Å². The van der Waals surface area contributed by atoms with Crippen LogP contribution in [-0.2, 0) is 16.1 Å². The van der Waals surface area contributed by atoms with Crippen molar-refractivity contribution < 1.29 is 23.8 Å². The summed E-state index contributed by atoms with van der Waals surface area (Å²) >= 11 is 0. The van der Waals surface area contributed by atoms with Gasteiger partial charge in [-0.1, -0.05) is 12.1 Å². The number of hydrogen-bond donors (Lipinski definition) is 3. The molecule has 4 rings (SSSR count). The van der Waals surface area contributed by atoms with E-state index in [1.807, 2.05) is 23.1 Å². The van der Waals surface area contributed by atoms with Gasteiger partial charge in [-0.3, -0.25) is 4.79 Å². The highest BCUT2D eigenvalue weighted by atomic mass is 16.5. The number of amides is 3. The summed E-state index contributed by atoms with van der Waals surface area (Å²) in [4.78, 5) is 32.5. The number of hydrogen-bond acceptors (Lipinski definition) is 7. The number of anilines is 1. The van der Waals surface area contributed by atoms with E-state index in [4.69, 9.17) is 24.9 Å². The first kappa shape index (κ1) is 29.2. The number of carbonyl (C=O) groups is 2. The van der Waals surface area contributed by atoms with Crippen LogP contribution in [0.3, 0.4) is 0 Å². The molecular weight excluding hydrogens is 512 g/mol. The Balaban J connectivity index is 1.32. The van der Waals surface area contributed by atoms with Gasteiger partial charge in [0.25, 0.3) is 0 Å². The van der Waals surface area contributed by atoms with E-state index in [9.17, 15) is 9.59 Å². The number of nitrogens with zero attached hydrogens (tertiary/aromatic N) is 3. The summed E-state index contributed by atoms with van der Waals surface area (Å²) < 4.78 is 18.0. The maximum Gasteiger partial charge on any atom is 0.319 e. The van der Waals surface area contributed by atoms with E-state index in [0.29, 0.717) is 36.9 Å². The van der Waals surface area contributed by atoms with Gasteiger partial charge in [-0.05, 0) is 43.5 Å². The van der Waals surface area contributed by atoms with Gasteiger partial charge in [0, 0.05) is 64.3 Å². The second kappa shape index (κ2) is 14.0. The second-order valence-corrected chi connectivity index (χ2v) is 10.0. The Morgan fingerprint density at radius 2 is 1.98 bits per heavy atom. The predicted molar refractivity (Wildman–Crippen MR) is 154 cm³/mol. The number of carbonyl (C=O) groups excluding carboxylic acids is 2. The number of methoxy groups -OCH3 is 3. The third-order valence-corrected chi connectivity index (χ3v) is 7.17. The van der Waals surface area contributed by atoms with Crippen molar-refractivity contribution in [3.05, 3.63) is 48.3 Å². The van der Waals surface area contributed by atoms with E-state index in [-0.39, 0.29) is 24.8 Å². The molecule has 216 valence electrons. The highest BCUT2D eigenvalue weighted by Crippen LogP contribution is 2.30. The number of para-hydroxylation sites is 2. The highest BCUT2D eigenvalue weighted by molar-refractivity contribution is 5.91. The monoisotopic (exact) mass is 552 g/mol. The summed E-state index contributed by atoms with van der Waals surface area (Å²) in [5, 5.41) is 5.49. The van der Waals surface area contributed by atoms with Crippen molar-refractivity contribution in [1.29, 1.82) is 0 Å². The van der Waals surface area contributed by atoms with Crippen molar-refractivity contribution in [3.8, 4) is 11.5 Å². The molecule has 2 aromatic carbocycles. The molecule has 0 saturated carbocycles. The Bertz CT molecular complexity index is 1300. The number of aromatic nitrogens is 2. The van der Waals surface area contributed by atoms with Crippen molar-refractivity contribution in [2.75, 3.05) is 52.9 Å². The van der Waals surface area contributed by atoms with E-state index in [2.05, 4.69) is 21.3 Å². The normalized spacial score (nSPS) is 16.0. The van der Waals surface area contributed by atoms with Crippen molar-refractivity contribution >= 4 is 28.7 Å². The molecule has 11 nitrogen and oxygen atoms in total. The van der Waals surface area contributed by atoms with Crippen LogP contribution in [0, 0.1) is 0 Å². The molecule has 2 unspecified atom stereocenters. The van der Waals surface area contributed by atoms with Gasteiger partial charge in [-0.15, -0.1) is 0 Å². The van der Waals surface area contributed by atoms with Crippen LogP contribution >= 0.6 is 0 Å².